The number of aromatic nitrogens is 4. The molecule has 7 nitrogen and oxygen atoms in total. The number of nitrogens with zero attached hydrogens (tertiary/aromatic N) is 4. The smallest absolute Gasteiger partial charge is 0.274 e. The molecule has 29 heavy (non-hydrogen) atoms. The molecule has 8 heteroatoms. The van der Waals surface area contributed by atoms with Crippen LogP contribution < -0.4 is 5.32 Å². The molecule has 0 aliphatic rings. The normalized spacial score (nSPS) is 11.4. The van der Waals surface area contributed by atoms with Gasteiger partial charge in [0.1, 0.15) is 17.3 Å². The van der Waals surface area contributed by atoms with Crippen molar-refractivity contribution in [3.63, 3.8) is 0 Å². The average Bonchev–Trinajstić information content (AvgIpc) is 3.41. The number of rotatable bonds is 5. The van der Waals surface area contributed by atoms with Gasteiger partial charge in [0.15, 0.2) is 5.82 Å². The van der Waals surface area contributed by atoms with Crippen LogP contribution in [0.2, 0.25) is 0 Å². The number of aryl methyl sites for hydroxylation is 1. The Morgan fingerprint density at radius 2 is 1.97 bits per heavy atom. The Kier molecular flexibility index (Phi) is 4.98. The fourth-order valence-electron chi connectivity index (χ4n) is 2.76. The predicted octanol–water partition coefficient (Wildman–Crippen LogP) is 4.02. The molecule has 144 valence electrons. The lowest BCUT2D eigenvalue weighted by molar-refractivity contribution is -0.111. The molecule has 4 rings (SSSR count). The van der Waals surface area contributed by atoms with Gasteiger partial charge in [-0.15, -0.1) is 5.10 Å². The van der Waals surface area contributed by atoms with Gasteiger partial charge in [-0.25, -0.2) is 4.39 Å². The molecule has 1 N–H and O–H groups in total. The molecule has 2 aromatic carbocycles. The molecule has 1 amide bonds. The molecule has 2 heterocycles. The molecule has 0 saturated heterocycles. The maximum absolute atomic E-state index is 13.6. The minimum Gasteiger partial charge on any atom is -0.465 e. The summed E-state index contributed by atoms with van der Waals surface area (Å²) in [4.78, 5) is 13.1. The van der Waals surface area contributed by atoms with Crippen LogP contribution in [0.3, 0.4) is 0 Å². The molecular formula is C21H16FN5O2. The summed E-state index contributed by atoms with van der Waals surface area (Å²) in [5, 5.41) is 14.5. The maximum atomic E-state index is 13.6. The van der Waals surface area contributed by atoms with Gasteiger partial charge in [0.25, 0.3) is 5.91 Å². The molecule has 0 spiro atoms. The van der Waals surface area contributed by atoms with Crippen molar-refractivity contribution in [3.05, 3.63) is 84.1 Å². The van der Waals surface area contributed by atoms with Gasteiger partial charge in [-0.05, 0) is 47.2 Å². The van der Waals surface area contributed by atoms with E-state index in [1.165, 1.54) is 29.2 Å². The maximum Gasteiger partial charge on any atom is 0.274 e. The fraction of sp³-hybridized carbons (Fsp3) is 0.0476. The van der Waals surface area contributed by atoms with Crippen molar-refractivity contribution in [1.82, 2.24) is 20.2 Å². The van der Waals surface area contributed by atoms with E-state index in [0.29, 0.717) is 17.3 Å². The number of furan rings is 1. The average molecular weight is 389 g/mol. The zero-order chi connectivity index (χ0) is 20.2. The van der Waals surface area contributed by atoms with E-state index in [1.54, 1.807) is 25.1 Å². The standard InChI is InChI=1S/C21H16FN5O2/c1-14-9-10-16(22)12-18(14)23-21(28)19(13-17-8-5-11-29-17)27-20(24-25-26-27)15-6-3-2-4-7-15/h2-13H,1H3,(H,23,28)/b19-13+. The number of amides is 1. The molecule has 4 aromatic rings. The molecule has 0 atom stereocenters. The van der Waals surface area contributed by atoms with E-state index in [0.717, 1.165) is 11.1 Å². The van der Waals surface area contributed by atoms with Crippen molar-refractivity contribution >= 4 is 23.4 Å². The largest absolute Gasteiger partial charge is 0.465 e. The minimum absolute atomic E-state index is 0.118. The van der Waals surface area contributed by atoms with Crippen molar-refractivity contribution < 1.29 is 13.6 Å². The molecule has 2 aromatic heterocycles. The predicted molar refractivity (Wildman–Crippen MR) is 106 cm³/mol. The summed E-state index contributed by atoms with van der Waals surface area (Å²) < 4.78 is 20.3. The van der Waals surface area contributed by atoms with Gasteiger partial charge in [-0.2, -0.15) is 4.68 Å². The summed E-state index contributed by atoms with van der Waals surface area (Å²) in [6.45, 7) is 1.78. The first-order chi connectivity index (χ1) is 14.1. The molecule has 0 saturated carbocycles. The Hall–Kier alpha value is -4.07. The zero-order valence-corrected chi connectivity index (χ0v) is 15.4. The lowest BCUT2D eigenvalue weighted by Crippen LogP contribution is -2.20. The van der Waals surface area contributed by atoms with Crippen molar-refractivity contribution in [2.45, 2.75) is 6.92 Å². The van der Waals surface area contributed by atoms with Gasteiger partial charge in [0.2, 0.25) is 0 Å². The Morgan fingerprint density at radius 1 is 1.14 bits per heavy atom. The number of anilines is 1. The van der Waals surface area contributed by atoms with Gasteiger partial charge in [0, 0.05) is 17.3 Å². The minimum atomic E-state index is -0.514. The van der Waals surface area contributed by atoms with E-state index in [1.807, 2.05) is 30.3 Å². The van der Waals surface area contributed by atoms with Crippen LogP contribution in [0.4, 0.5) is 10.1 Å². The molecule has 0 fully saturated rings. The number of nitrogens with one attached hydrogen (secondary N) is 1. The molecule has 0 unspecified atom stereocenters. The van der Waals surface area contributed by atoms with Gasteiger partial charge in [-0.3, -0.25) is 4.79 Å². The third-order valence-corrected chi connectivity index (χ3v) is 4.23. The molecule has 0 aliphatic carbocycles. The first kappa shape index (κ1) is 18.3. The lowest BCUT2D eigenvalue weighted by Gasteiger charge is -2.12. The Balaban J connectivity index is 1.77. The summed E-state index contributed by atoms with van der Waals surface area (Å²) >= 11 is 0. The summed E-state index contributed by atoms with van der Waals surface area (Å²) in [5.74, 6) is -0.135. The lowest BCUT2D eigenvalue weighted by atomic mass is 10.2. The second-order valence-electron chi connectivity index (χ2n) is 6.24. The van der Waals surface area contributed by atoms with Gasteiger partial charge >= 0.3 is 0 Å². The number of carbonyl (C=O) groups excluding carboxylic acids is 1. The molecule has 0 bridgehead atoms. The van der Waals surface area contributed by atoms with E-state index in [9.17, 15) is 9.18 Å². The van der Waals surface area contributed by atoms with Crippen LogP contribution in [-0.2, 0) is 4.79 Å². The summed E-state index contributed by atoms with van der Waals surface area (Å²) in [7, 11) is 0. The van der Waals surface area contributed by atoms with Crippen LogP contribution in [0.1, 0.15) is 11.3 Å². The number of tetrazole rings is 1. The Labute approximate surface area is 165 Å². The van der Waals surface area contributed by atoms with Crippen LogP contribution in [0, 0.1) is 12.7 Å². The van der Waals surface area contributed by atoms with Crippen LogP contribution >= 0.6 is 0 Å². The monoisotopic (exact) mass is 389 g/mol. The highest BCUT2D eigenvalue weighted by molar-refractivity contribution is 6.24. The molecule has 0 aliphatic heterocycles. The van der Waals surface area contributed by atoms with E-state index in [4.69, 9.17) is 4.42 Å². The highest BCUT2D eigenvalue weighted by Crippen LogP contribution is 2.23. The summed E-state index contributed by atoms with van der Waals surface area (Å²) in [5.41, 5.74) is 1.93. The highest BCUT2D eigenvalue weighted by atomic mass is 19.1. The van der Waals surface area contributed by atoms with Crippen LogP contribution in [0.5, 0.6) is 0 Å². The number of hydrogen-bond acceptors (Lipinski definition) is 5. The number of carbonyl (C=O) groups is 1. The number of halogens is 1. The van der Waals surface area contributed by atoms with Gasteiger partial charge in [0.05, 0.1) is 6.26 Å². The second-order valence-corrected chi connectivity index (χ2v) is 6.24. The summed E-state index contributed by atoms with van der Waals surface area (Å²) in [6, 6.07) is 16.8. The Bertz CT molecular complexity index is 1170. The van der Waals surface area contributed by atoms with Crippen molar-refractivity contribution in [2.24, 2.45) is 0 Å². The SMILES string of the molecule is Cc1ccc(F)cc1NC(=O)/C(=C\c1ccco1)n1nnnc1-c1ccccc1. The first-order valence-electron chi connectivity index (χ1n) is 8.79. The van der Waals surface area contributed by atoms with Crippen LogP contribution in [-0.4, -0.2) is 26.1 Å². The summed E-state index contributed by atoms with van der Waals surface area (Å²) in [6.07, 6.45) is 3.02. The topological polar surface area (TPSA) is 85.8 Å². The number of benzene rings is 2. The van der Waals surface area contributed by atoms with E-state index in [2.05, 4.69) is 20.8 Å². The van der Waals surface area contributed by atoms with Crippen LogP contribution in [0.25, 0.3) is 23.2 Å². The highest BCUT2D eigenvalue weighted by Gasteiger charge is 2.20. The van der Waals surface area contributed by atoms with Crippen molar-refractivity contribution in [1.29, 1.82) is 0 Å². The van der Waals surface area contributed by atoms with Gasteiger partial charge < -0.3 is 9.73 Å². The second kappa shape index (κ2) is 7.89. The molecule has 0 radical (unpaired) electrons. The Morgan fingerprint density at radius 3 is 2.72 bits per heavy atom. The van der Waals surface area contributed by atoms with Gasteiger partial charge in [-0.1, -0.05) is 36.4 Å². The van der Waals surface area contributed by atoms with E-state index in [-0.39, 0.29) is 5.70 Å². The molecular weight excluding hydrogens is 373 g/mol. The fourth-order valence-corrected chi connectivity index (χ4v) is 2.76. The van der Waals surface area contributed by atoms with Crippen molar-refractivity contribution in [2.75, 3.05) is 5.32 Å². The third-order valence-electron chi connectivity index (χ3n) is 4.23. The quantitative estimate of drug-likeness (QED) is 0.521. The van der Waals surface area contributed by atoms with Crippen LogP contribution in [0.15, 0.2) is 71.3 Å². The zero-order valence-electron chi connectivity index (χ0n) is 15.4. The van der Waals surface area contributed by atoms with Crippen molar-refractivity contribution in [3.8, 4) is 11.4 Å². The third kappa shape index (κ3) is 3.96. The number of hydrogen-bond donors (Lipinski definition) is 1. The first-order valence-corrected chi connectivity index (χ1v) is 8.79. The van der Waals surface area contributed by atoms with E-state index < -0.39 is 11.7 Å². The van der Waals surface area contributed by atoms with E-state index >= 15 is 0 Å².